The van der Waals surface area contributed by atoms with Crippen LogP contribution in [0.2, 0.25) is 0 Å². The van der Waals surface area contributed by atoms with E-state index >= 15 is 0 Å². The van der Waals surface area contributed by atoms with Crippen LogP contribution in [0.5, 0.6) is 0 Å². The molecular formula is C16H24N2O2. The molecule has 1 aliphatic carbocycles. The lowest BCUT2D eigenvalue weighted by atomic mass is 9.79. The van der Waals surface area contributed by atoms with Crippen LogP contribution in [0.3, 0.4) is 0 Å². The lowest BCUT2D eigenvalue weighted by Crippen LogP contribution is -2.30. The van der Waals surface area contributed by atoms with E-state index in [1.165, 1.54) is 19.3 Å². The van der Waals surface area contributed by atoms with Crippen LogP contribution in [0.1, 0.15) is 50.4 Å². The van der Waals surface area contributed by atoms with E-state index in [0.717, 1.165) is 17.7 Å². The summed E-state index contributed by atoms with van der Waals surface area (Å²) in [7, 11) is 0. The van der Waals surface area contributed by atoms with Gasteiger partial charge in [-0.15, -0.1) is 0 Å². The van der Waals surface area contributed by atoms with E-state index in [0.29, 0.717) is 18.2 Å². The third kappa shape index (κ3) is 3.71. The number of hydrogen-bond acceptors (Lipinski definition) is 4. The first-order chi connectivity index (χ1) is 9.60. The summed E-state index contributed by atoms with van der Waals surface area (Å²) in [4.78, 5) is 15.9. The summed E-state index contributed by atoms with van der Waals surface area (Å²) in [5.41, 5.74) is 0.503. The third-order valence-corrected chi connectivity index (χ3v) is 4.22. The molecular weight excluding hydrogens is 252 g/mol. The molecule has 4 heteroatoms. The lowest BCUT2D eigenvalue weighted by molar-refractivity contribution is 0.0526. The predicted molar refractivity (Wildman–Crippen MR) is 79.8 cm³/mol. The van der Waals surface area contributed by atoms with Gasteiger partial charge in [-0.25, -0.2) is 9.78 Å². The zero-order valence-electron chi connectivity index (χ0n) is 12.6. The quantitative estimate of drug-likeness (QED) is 0.855. The molecule has 0 aromatic carbocycles. The number of ether oxygens (including phenoxy) is 1. The van der Waals surface area contributed by atoms with Crippen LogP contribution in [0.25, 0.3) is 0 Å². The number of rotatable bonds is 4. The molecule has 1 fully saturated rings. The molecule has 0 aliphatic heterocycles. The number of nitrogens with one attached hydrogen (secondary N) is 1. The highest BCUT2D eigenvalue weighted by Crippen LogP contribution is 2.30. The number of aromatic nitrogens is 1. The Hall–Kier alpha value is -1.58. The van der Waals surface area contributed by atoms with Crippen molar-refractivity contribution in [1.29, 1.82) is 0 Å². The van der Waals surface area contributed by atoms with Gasteiger partial charge in [0, 0.05) is 12.2 Å². The molecule has 1 aromatic rings. The van der Waals surface area contributed by atoms with Crippen LogP contribution in [0.4, 0.5) is 5.82 Å². The molecule has 0 amide bonds. The average Bonchev–Trinajstić information content (AvgIpc) is 2.44. The maximum Gasteiger partial charge on any atom is 0.339 e. The molecule has 20 heavy (non-hydrogen) atoms. The number of carbonyl (C=O) groups is 1. The summed E-state index contributed by atoms with van der Waals surface area (Å²) in [6, 6.07) is 4.11. The Morgan fingerprint density at radius 3 is 2.75 bits per heavy atom. The summed E-state index contributed by atoms with van der Waals surface area (Å²) >= 11 is 0. The van der Waals surface area contributed by atoms with Crippen molar-refractivity contribution in [3.8, 4) is 0 Å². The van der Waals surface area contributed by atoms with Crippen molar-refractivity contribution in [1.82, 2.24) is 4.98 Å². The van der Waals surface area contributed by atoms with Gasteiger partial charge in [-0.3, -0.25) is 0 Å². The van der Waals surface area contributed by atoms with Crippen molar-refractivity contribution in [2.45, 2.75) is 46.1 Å². The Kier molecular flexibility index (Phi) is 4.99. The van der Waals surface area contributed by atoms with E-state index < -0.39 is 0 Å². The molecule has 3 atom stereocenters. The lowest BCUT2D eigenvalue weighted by Gasteiger charge is -2.32. The maximum atomic E-state index is 11.5. The van der Waals surface area contributed by atoms with Crippen LogP contribution in [0, 0.1) is 11.8 Å². The molecule has 1 N–H and O–H groups in total. The largest absolute Gasteiger partial charge is 0.462 e. The minimum absolute atomic E-state index is 0.313. The monoisotopic (exact) mass is 276 g/mol. The number of pyridine rings is 1. The fourth-order valence-corrected chi connectivity index (χ4v) is 2.70. The fourth-order valence-electron chi connectivity index (χ4n) is 2.70. The number of anilines is 1. The molecule has 1 saturated carbocycles. The smallest absolute Gasteiger partial charge is 0.339 e. The summed E-state index contributed by atoms with van der Waals surface area (Å²) in [6.45, 7) is 6.83. The summed E-state index contributed by atoms with van der Waals surface area (Å²) in [5, 5.41) is 3.47. The topological polar surface area (TPSA) is 51.2 Å². The molecule has 0 saturated heterocycles. The molecule has 0 bridgehead atoms. The number of nitrogens with zero attached hydrogens (tertiary/aromatic N) is 1. The first-order valence-electron chi connectivity index (χ1n) is 7.49. The average molecular weight is 276 g/mol. The van der Waals surface area contributed by atoms with Crippen LogP contribution < -0.4 is 5.32 Å². The third-order valence-electron chi connectivity index (χ3n) is 4.22. The molecule has 110 valence electrons. The van der Waals surface area contributed by atoms with Gasteiger partial charge in [0.15, 0.2) is 0 Å². The summed E-state index contributed by atoms with van der Waals surface area (Å²) in [6.07, 6.45) is 5.21. The van der Waals surface area contributed by atoms with Crippen LogP contribution in [-0.2, 0) is 4.74 Å². The van der Waals surface area contributed by atoms with E-state index in [1.807, 2.05) is 6.07 Å². The highest BCUT2D eigenvalue weighted by Gasteiger charge is 2.24. The van der Waals surface area contributed by atoms with Crippen molar-refractivity contribution in [2.75, 3.05) is 11.9 Å². The van der Waals surface area contributed by atoms with Gasteiger partial charge in [0.05, 0.1) is 12.2 Å². The molecule has 1 aliphatic rings. The van der Waals surface area contributed by atoms with E-state index in [-0.39, 0.29) is 5.97 Å². The normalized spacial score (nSPS) is 26.1. The molecule has 3 unspecified atom stereocenters. The predicted octanol–water partition coefficient (Wildman–Crippen LogP) is 3.49. The van der Waals surface area contributed by atoms with Crippen molar-refractivity contribution in [3.05, 3.63) is 23.9 Å². The second-order valence-corrected chi connectivity index (χ2v) is 5.76. The first-order valence-corrected chi connectivity index (χ1v) is 7.49. The van der Waals surface area contributed by atoms with E-state index in [1.54, 1.807) is 19.2 Å². The summed E-state index contributed by atoms with van der Waals surface area (Å²) < 4.78 is 4.94. The van der Waals surface area contributed by atoms with E-state index in [9.17, 15) is 4.79 Å². The number of esters is 1. The van der Waals surface area contributed by atoms with Gasteiger partial charge in [0.25, 0.3) is 0 Å². The van der Waals surface area contributed by atoms with Gasteiger partial charge in [0.2, 0.25) is 0 Å². The Labute approximate surface area is 120 Å². The van der Waals surface area contributed by atoms with Gasteiger partial charge in [-0.2, -0.15) is 0 Å². The highest BCUT2D eigenvalue weighted by atomic mass is 16.5. The maximum absolute atomic E-state index is 11.5. The fraction of sp³-hybridized carbons (Fsp3) is 0.625. The van der Waals surface area contributed by atoms with Crippen LogP contribution >= 0.6 is 0 Å². The molecule has 1 aromatic heterocycles. The SMILES string of the molecule is CCOC(=O)c1ccc(NC2CCC(C)C(C)C2)nc1. The van der Waals surface area contributed by atoms with Gasteiger partial charge in [-0.1, -0.05) is 13.8 Å². The minimum atomic E-state index is -0.313. The van der Waals surface area contributed by atoms with E-state index in [4.69, 9.17) is 4.74 Å². The highest BCUT2D eigenvalue weighted by molar-refractivity contribution is 5.89. The summed E-state index contributed by atoms with van der Waals surface area (Å²) in [5.74, 6) is 2.09. The second-order valence-electron chi connectivity index (χ2n) is 5.76. The van der Waals surface area contributed by atoms with Crippen molar-refractivity contribution in [2.24, 2.45) is 11.8 Å². The zero-order valence-corrected chi connectivity index (χ0v) is 12.6. The Balaban J connectivity index is 1.92. The van der Waals surface area contributed by atoms with Gasteiger partial charge in [-0.05, 0) is 50.2 Å². The second kappa shape index (κ2) is 6.73. The Morgan fingerprint density at radius 2 is 2.15 bits per heavy atom. The van der Waals surface area contributed by atoms with Gasteiger partial charge in [0.1, 0.15) is 5.82 Å². The van der Waals surface area contributed by atoms with Crippen molar-refractivity contribution in [3.63, 3.8) is 0 Å². The molecule has 2 rings (SSSR count). The van der Waals surface area contributed by atoms with Gasteiger partial charge >= 0.3 is 5.97 Å². The van der Waals surface area contributed by atoms with Crippen molar-refractivity contribution >= 4 is 11.8 Å². The Bertz CT molecular complexity index is 444. The zero-order chi connectivity index (χ0) is 14.5. The minimum Gasteiger partial charge on any atom is -0.462 e. The first kappa shape index (κ1) is 14.8. The van der Waals surface area contributed by atoms with Crippen LogP contribution in [-0.4, -0.2) is 23.6 Å². The number of carbonyl (C=O) groups excluding carboxylic acids is 1. The van der Waals surface area contributed by atoms with Crippen molar-refractivity contribution < 1.29 is 9.53 Å². The Morgan fingerprint density at radius 1 is 1.35 bits per heavy atom. The molecule has 0 spiro atoms. The standard InChI is InChI=1S/C16H24N2O2/c1-4-20-16(19)13-6-8-15(17-10-13)18-14-7-5-11(2)12(3)9-14/h6,8,10-12,14H,4-5,7,9H2,1-3H3,(H,17,18). The van der Waals surface area contributed by atoms with Crippen LogP contribution in [0.15, 0.2) is 18.3 Å². The number of hydrogen-bond donors (Lipinski definition) is 1. The molecule has 4 nitrogen and oxygen atoms in total. The van der Waals surface area contributed by atoms with Gasteiger partial charge < -0.3 is 10.1 Å². The van der Waals surface area contributed by atoms with E-state index in [2.05, 4.69) is 24.1 Å². The molecule has 0 radical (unpaired) electrons. The molecule has 1 heterocycles.